The van der Waals surface area contributed by atoms with E-state index in [1.807, 2.05) is 6.92 Å². The Labute approximate surface area is 158 Å². The summed E-state index contributed by atoms with van der Waals surface area (Å²) in [6, 6.07) is 1.43. The van der Waals surface area contributed by atoms with Crippen LogP contribution in [0.1, 0.15) is 44.1 Å². The van der Waals surface area contributed by atoms with Gasteiger partial charge in [0.15, 0.2) is 0 Å². The fourth-order valence-electron chi connectivity index (χ4n) is 3.24. The van der Waals surface area contributed by atoms with Gasteiger partial charge in [-0.05, 0) is 32.6 Å². The van der Waals surface area contributed by atoms with Crippen molar-refractivity contribution < 1.29 is 23.6 Å². The highest BCUT2D eigenvalue weighted by Gasteiger charge is 2.35. The second kappa shape index (κ2) is 10.1. The van der Waals surface area contributed by atoms with Crippen LogP contribution < -0.4 is 16.4 Å². The lowest BCUT2D eigenvalue weighted by Gasteiger charge is -2.35. The molecule has 9 heteroatoms. The van der Waals surface area contributed by atoms with Crippen molar-refractivity contribution in [3.63, 3.8) is 0 Å². The predicted octanol–water partition coefficient (Wildman–Crippen LogP) is 0.207. The third-order valence-electron chi connectivity index (χ3n) is 4.49. The minimum Gasteiger partial charge on any atom is -0.376 e. The van der Waals surface area contributed by atoms with Crippen LogP contribution in [-0.2, 0) is 25.5 Å². The topological polar surface area (TPSA) is 137 Å². The van der Waals surface area contributed by atoms with Gasteiger partial charge in [0.2, 0.25) is 17.7 Å². The number of primary amides is 1. The largest absolute Gasteiger partial charge is 0.376 e. The van der Waals surface area contributed by atoms with Crippen LogP contribution in [-0.4, -0.2) is 48.2 Å². The molecule has 0 bridgehead atoms. The number of nitrogens with one attached hydrogen (secondary N) is 2. The van der Waals surface area contributed by atoms with Gasteiger partial charge in [-0.3, -0.25) is 14.4 Å². The first kappa shape index (κ1) is 20.9. The minimum absolute atomic E-state index is 0.0797. The molecular weight excluding hydrogens is 352 g/mol. The molecule has 27 heavy (non-hydrogen) atoms. The Hall–Kier alpha value is -2.42. The van der Waals surface area contributed by atoms with E-state index in [0.717, 1.165) is 6.42 Å². The number of hydrogen-bond acceptors (Lipinski definition) is 6. The van der Waals surface area contributed by atoms with Crippen LogP contribution in [0.5, 0.6) is 0 Å². The molecule has 0 radical (unpaired) electrons. The summed E-state index contributed by atoms with van der Waals surface area (Å²) in [5.41, 5.74) is 5.78. The standard InChI is InChI=1S/C18H28N4O5/c1-3-6-26-15-5-4-12(18(25)20-10-16(19)23)8-14(15)21-17(24)9-13-7-11(2)22-27-13/h7,12,14-15H,3-6,8-10H2,1-2H3,(H2,19,23)(H,20,25)(H,21,24)/t12-,14+,15+/m0/s1. The van der Waals surface area contributed by atoms with E-state index in [4.69, 9.17) is 15.0 Å². The van der Waals surface area contributed by atoms with Crippen molar-refractivity contribution in [1.29, 1.82) is 0 Å². The summed E-state index contributed by atoms with van der Waals surface area (Å²) in [6.07, 6.45) is 2.53. The molecule has 1 fully saturated rings. The molecule has 3 amide bonds. The molecule has 1 saturated carbocycles. The Morgan fingerprint density at radius 2 is 2.15 bits per heavy atom. The summed E-state index contributed by atoms with van der Waals surface area (Å²) in [7, 11) is 0. The van der Waals surface area contributed by atoms with E-state index in [0.29, 0.717) is 37.3 Å². The molecular formula is C18H28N4O5. The third-order valence-corrected chi connectivity index (χ3v) is 4.49. The number of carbonyl (C=O) groups is 3. The lowest BCUT2D eigenvalue weighted by atomic mass is 9.83. The van der Waals surface area contributed by atoms with E-state index in [1.165, 1.54) is 0 Å². The molecule has 0 spiro atoms. The van der Waals surface area contributed by atoms with Gasteiger partial charge in [-0.25, -0.2) is 0 Å². The quantitative estimate of drug-likeness (QED) is 0.560. The highest BCUT2D eigenvalue weighted by molar-refractivity contribution is 5.85. The van der Waals surface area contributed by atoms with Gasteiger partial charge in [-0.15, -0.1) is 0 Å². The Balaban J connectivity index is 1.96. The van der Waals surface area contributed by atoms with Crippen LogP contribution in [0, 0.1) is 12.8 Å². The fraction of sp³-hybridized carbons (Fsp3) is 0.667. The minimum atomic E-state index is -0.587. The highest BCUT2D eigenvalue weighted by Crippen LogP contribution is 2.27. The van der Waals surface area contributed by atoms with E-state index in [2.05, 4.69) is 15.8 Å². The van der Waals surface area contributed by atoms with Gasteiger partial charge >= 0.3 is 0 Å². The van der Waals surface area contributed by atoms with Gasteiger partial charge < -0.3 is 25.6 Å². The van der Waals surface area contributed by atoms with Crippen LogP contribution in [0.4, 0.5) is 0 Å². The third kappa shape index (κ3) is 6.67. The first-order valence-electron chi connectivity index (χ1n) is 9.28. The first-order valence-corrected chi connectivity index (χ1v) is 9.28. The smallest absolute Gasteiger partial charge is 0.236 e. The zero-order valence-electron chi connectivity index (χ0n) is 15.8. The number of aryl methyl sites for hydroxylation is 1. The first-order chi connectivity index (χ1) is 12.9. The molecule has 0 aromatic carbocycles. The summed E-state index contributed by atoms with van der Waals surface area (Å²) < 4.78 is 10.9. The number of nitrogens with two attached hydrogens (primary N) is 1. The monoisotopic (exact) mass is 380 g/mol. The van der Waals surface area contributed by atoms with Gasteiger partial charge in [0.1, 0.15) is 5.76 Å². The Morgan fingerprint density at radius 3 is 2.78 bits per heavy atom. The number of rotatable bonds is 9. The molecule has 9 nitrogen and oxygen atoms in total. The van der Waals surface area contributed by atoms with Crippen molar-refractivity contribution in [2.24, 2.45) is 11.7 Å². The van der Waals surface area contributed by atoms with E-state index in [-0.39, 0.29) is 42.8 Å². The van der Waals surface area contributed by atoms with E-state index in [1.54, 1.807) is 13.0 Å². The number of amides is 3. The Bertz CT molecular complexity index is 660. The second-order valence-electron chi connectivity index (χ2n) is 6.89. The Morgan fingerprint density at radius 1 is 1.37 bits per heavy atom. The van der Waals surface area contributed by atoms with Crippen LogP contribution in [0.2, 0.25) is 0 Å². The molecule has 2 rings (SSSR count). The van der Waals surface area contributed by atoms with Crippen molar-refractivity contribution in [2.75, 3.05) is 13.2 Å². The molecule has 4 N–H and O–H groups in total. The zero-order chi connectivity index (χ0) is 19.8. The van der Waals surface area contributed by atoms with Gasteiger partial charge in [-0.1, -0.05) is 12.1 Å². The Kier molecular flexibility index (Phi) is 7.78. The van der Waals surface area contributed by atoms with Crippen molar-refractivity contribution in [2.45, 2.75) is 58.1 Å². The molecule has 1 heterocycles. The molecule has 0 saturated heterocycles. The van der Waals surface area contributed by atoms with Crippen LogP contribution >= 0.6 is 0 Å². The maximum atomic E-state index is 12.4. The molecule has 0 aliphatic heterocycles. The maximum Gasteiger partial charge on any atom is 0.236 e. The number of hydrogen-bond donors (Lipinski definition) is 3. The molecule has 3 atom stereocenters. The second-order valence-corrected chi connectivity index (χ2v) is 6.89. The number of carbonyl (C=O) groups excluding carboxylic acids is 3. The average molecular weight is 380 g/mol. The van der Waals surface area contributed by atoms with Gasteiger partial charge in [-0.2, -0.15) is 0 Å². The van der Waals surface area contributed by atoms with Crippen molar-refractivity contribution in [3.05, 3.63) is 17.5 Å². The molecule has 1 aromatic heterocycles. The normalized spacial score (nSPS) is 22.2. The summed E-state index contributed by atoms with van der Waals surface area (Å²) in [5.74, 6) is -0.839. The fourth-order valence-corrected chi connectivity index (χ4v) is 3.24. The number of aromatic nitrogens is 1. The molecule has 1 aliphatic rings. The zero-order valence-corrected chi connectivity index (χ0v) is 15.8. The van der Waals surface area contributed by atoms with E-state index >= 15 is 0 Å². The predicted molar refractivity (Wildman–Crippen MR) is 96.5 cm³/mol. The summed E-state index contributed by atoms with van der Waals surface area (Å²) in [5, 5.41) is 9.27. The van der Waals surface area contributed by atoms with Crippen molar-refractivity contribution in [3.8, 4) is 0 Å². The number of ether oxygens (including phenoxy) is 1. The summed E-state index contributed by atoms with van der Waals surface area (Å²) >= 11 is 0. The van der Waals surface area contributed by atoms with E-state index < -0.39 is 5.91 Å². The van der Waals surface area contributed by atoms with Crippen molar-refractivity contribution in [1.82, 2.24) is 15.8 Å². The molecule has 1 aromatic rings. The van der Waals surface area contributed by atoms with Crippen LogP contribution in [0.15, 0.2) is 10.6 Å². The number of nitrogens with zero attached hydrogens (tertiary/aromatic N) is 1. The average Bonchev–Trinajstić information content (AvgIpc) is 3.03. The lowest BCUT2D eigenvalue weighted by molar-refractivity contribution is -0.131. The van der Waals surface area contributed by atoms with Gasteiger partial charge in [0.25, 0.3) is 0 Å². The highest BCUT2D eigenvalue weighted by atomic mass is 16.5. The SMILES string of the molecule is CCCO[C@@H]1CC[C@H](C(=O)NCC(N)=O)C[C@H]1NC(=O)Cc1cc(C)no1. The van der Waals surface area contributed by atoms with Gasteiger partial charge in [0, 0.05) is 18.6 Å². The van der Waals surface area contributed by atoms with Crippen molar-refractivity contribution >= 4 is 17.7 Å². The van der Waals surface area contributed by atoms with E-state index in [9.17, 15) is 14.4 Å². The van der Waals surface area contributed by atoms with Crippen LogP contribution in [0.25, 0.3) is 0 Å². The molecule has 0 unspecified atom stereocenters. The van der Waals surface area contributed by atoms with Crippen LogP contribution in [0.3, 0.4) is 0 Å². The maximum absolute atomic E-state index is 12.4. The molecule has 150 valence electrons. The summed E-state index contributed by atoms with van der Waals surface area (Å²) in [4.78, 5) is 35.5. The van der Waals surface area contributed by atoms with Gasteiger partial charge in [0.05, 0.1) is 30.8 Å². The molecule has 1 aliphatic carbocycles. The summed E-state index contributed by atoms with van der Waals surface area (Å²) in [6.45, 7) is 4.21. The lowest BCUT2D eigenvalue weighted by Crippen LogP contribution is -2.51.